The van der Waals surface area contributed by atoms with Crippen molar-refractivity contribution in [1.29, 1.82) is 0 Å². The van der Waals surface area contributed by atoms with Crippen LogP contribution in [-0.4, -0.2) is 57.3 Å². The highest BCUT2D eigenvalue weighted by atomic mass is 32.2. The number of carbonyl (C=O) groups is 1. The van der Waals surface area contributed by atoms with Gasteiger partial charge in [0.15, 0.2) is 0 Å². The van der Waals surface area contributed by atoms with Gasteiger partial charge in [0, 0.05) is 59.4 Å². The molecule has 12 heteroatoms. The Bertz CT molecular complexity index is 1510. The number of rotatable bonds is 3. The van der Waals surface area contributed by atoms with Gasteiger partial charge in [0.2, 0.25) is 5.91 Å². The highest BCUT2D eigenvalue weighted by molar-refractivity contribution is 7.99. The van der Waals surface area contributed by atoms with Crippen molar-refractivity contribution in [2.75, 3.05) is 23.7 Å². The summed E-state index contributed by atoms with van der Waals surface area (Å²) in [6.07, 6.45) is -3.52. The molecule has 2 aromatic carbocycles. The number of benzene rings is 2. The summed E-state index contributed by atoms with van der Waals surface area (Å²) in [5.74, 6) is -0.416. The summed E-state index contributed by atoms with van der Waals surface area (Å²) in [7, 11) is 0. The fourth-order valence-electron chi connectivity index (χ4n) is 5.58. The molecule has 1 saturated heterocycles. The van der Waals surface area contributed by atoms with Crippen molar-refractivity contribution in [3.63, 3.8) is 0 Å². The standard InChI is InChI=1S/C27H27F4N5O2S/c1-4-21(37)36-14(2)10-34(11-15(36)3)25-19-9-20(27(29,30)31)22(16-5-7-17(28)8-6-16)24-23(19)35(26(38)33-25)12-18(32)13-39-24/h4-9,14-15,18H,1,10-13,32H2,2-3H3. The first kappa shape index (κ1) is 27.2. The lowest BCUT2D eigenvalue weighted by atomic mass is 9.96. The zero-order valence-corrected chi connectivity index (χ0v) is 22.2. The minimum absolute atomic E-state index is 0.0885. The zero-order chi connectivity index (χ0) is 28.2. The molecule has 2 aliphatic rings. The van der Waals surface area contributed by atoms with Crippen molar-refractivity contribution < 1.29 is 22.4 Å². The third-order valence-corrected chi connectivity index (χ3v) is 8.42. The maximum atomic E-state index is 14.6. The Labute approximate surface area is 226 Å². The summed E-state index contributed by atoms with van der Waals surface area (Å²) in [5, 5.41) is 0.173. The van der Waals surface area contributed by atoms with E-state index in [9.17, 15) is 27.2 Å². The average molecular weight is 562 g/mol. The normalized spacial score (nSPS) is 21.7. The minimum Gasteiger partial charge on any atom is -0.352 e. The van der Waals surface area contributed by atoms with Gasteiger partial charge < -0.3 is 15.5 Å². The second-order valence-corrected chi connectivity index (χ2v) is 11.0. The average Bonchev–Trinajstić information content (AvgIpc) is 3.05. The van der Waals surface area contributed by atoms with Crippen molar-refractivity contribution in [3.8, 4) is 11.1 Å². The number of amides is 1. The van der Waals surface area contributed by atoms with Gasteiger partial charge in [-0.2, -0.15) is 18.2 Å². The van der Waals surface area contributed by atoms with Crippen molar-refractivity contribution in [2.45, 2.75) is 49.6 Å². The fourth-order valence-corrected chi connectivity index (χ4v) is 6.80. The Kier molecular flexibility index (Phi) is 6.96. The number of nitrogens with two attached hydrogens (primary N) is 1. The maximum absolute atomic E-state index is 14.6. The third kappa shape index (κ3) is 4.80. The molecule has 3 heterocycles. The molecule has 3 atom stereocenters. The molecule has 206 valence electrons. The summed E-state index contributed by atoms with van der Waals surface area (Å²) in [6.45, 7) is 7.83. The zero-order valence-electron chi connectivity index (χ0n) is 21.3. The van der Waals surface area contributed by atoms with Gasteiger partial charge in [-0.25, -0.2) is 9.18 Å². The van der Waals surface area contributed by atoms with E-state index in [0.29, 0.717) is 5.52 Å². The van der Waals surface area contributed by atoms with Crippen LogP contribution >= 0.6 is 11.8 Å². The van der Waals surface area contributed by atoms with Crippen molar-refractivity contribution >= 4 is 34.4 Å². The number of aromatic nitrogens is 2. The number of thioether (sulfide) groups is 1. The van der Waals surface area contributed by atoms with Gasteiger partial charge >= 0.3 is 11.9 Å². The molecular weight excluding hydrogens is 534 g/mol. The molecule has 1 aromatic heterocycles. The van der Waals surface area contributed by atoms with Gasteiger partial charge in [0.25, 0.3) is 0 Å². The molecule has 2 aliphatic heterocycles. The smallest absolute Gasteiger partial charge is 0.352 e. The molecule has 3 aromatic rings. The van der Waals surface area contributed by atoms with Crippen LogP contribution in [-0.2, 0) is 17.5 Å². The minimum atomic E-state index is -4.75. The number of halogens is 4. The van der Waals surface area contributed by atoms with Gasteiger partial charge in [-0.1, -0.05) is 18.7 Å². The van der Waals surface area contributed by atoms with Crippen molar-refractivity contribution in [2.24, 2.45) is 5.73 Å². The number of carbonyl (C=O) groups excluding carboxylic acids is 1. The molecular formula is C27H27F4N5O2S. The van der Waals surface area contributed by atoms with Crippen LogP contribution in [0.15, 0.2) is 52.7 Å². The van der Waals surface area contributed by atoms with E-state index in [4.69, 9.17) is 5.73 Å². The summed E-state index contributed by atoms with van der Waals surface area (Å²) < 4.78 is 59.0. The van der Waals surface area contributed by atoms with E-state index < -0.39 is 29.3 Å². The van der Waals surface area contributed by atoms with Crippen LogP contribution in [0, 0.1) is 5.82 Å². The quantitative estimate of drug-likeness (QED) is 0.380. The van der Waals surface area contributed by atoms with E-state index >= 15 is 0 Å². The SMILES string of the molecule is C=CC(=O)N1C(C)CN(c2nc(=O)n3c4c(c(-c5ccc(F)cc5)c(C(F)(F)F)cc24)SCC(N)C3)CC1C. The number of hydrogen-bond acceptors (Lipinski definition) is 6. The number of nitrogens with zero attached hydrogens (tertiary/aromatic N) is 4. The lowest BCUT2D eigenvalue weighted by Crippen LogP contribution is -2.58. The second-order valence-electron chi connectivity index (χ2n) is 9.98. The predicted octanol–water partition coefficient (Wildman–Crippen LogP) is 4.27. The van der Waals surface area contributed by atoms with E-state index in [1.807, 2.05) is 13.8 Å². The Balaban J connectivity index is 1.81. The van der Waals surface area contributed by atoms with Gasteiger partial charge in [-0.05, 0) is 43.7 Å². The molecule has 0 radical (unpaired) electrons. The predicted molar refractivity (Wildman–Crippen MR) is 143 cm³/mol. The van der Waals surface area contributed by atoms with Gasteiger partial charge in [0.1, 0.15) is 11.6 Å². The number of piperazine rings is 1. The number of alkyl halides is 3. The van der Waals surface area contributed by atoms with Crippen LogP contribution in [0.2, 0.25) is 0 Å². The van der Waals surface area contributed by atoms with Crippen molar-refractivity contribution in [3.05, 3.63) is 64.9 Å². The Hall–Kier alpha value is -3.38. The van der Waals surface area contributed by atoms with Crippen molar-refractivity contribution in [1.82, 2.24) is 14.5 Å². The van der Waals surface area contributed by atoms with Crippen LogP contribution in [0.3, 0.4) is 0 Å². The first-order chi connectivity index (χ1) is 18.4. The second kappa shape index (κ2) is 9.98. The van der Waals surface area contributed by atoms with Crippen LogP contribution < -0.4 is 16.3 Å². The molecule has 0 aliphatic carbocycles. The van der Waals surface area contributed by atoms with Crippen LogP contribution in [0.1, 0.15) is 19.4 Å². The van der Waals surface area contributed by atoms with Gasteiger partial charge in [0.05, 0.1) is 11.1 Å². The van der Waals surface area contributed by atoms with Gasteiger partial charge in [-0.15, -0.1) is 11.8 Å². The lowest BCUT2D eigenvalue weighted by Gasteiger charge is -2.44. The molecule has 0 bridgehead atoms. The molecule has 7 nitrogen and oxygen atoms in total. The molecule has 1 amide bonds. The van der Waals surface area contributed by atoms with E-state index in [-0.39, 0.29) is 70.6 Å². The van der Waals surface area contributed by atoms with E-state index in [1.165, 1.54) is 22.8 Å². The summed E-state index contributed by atoms with van der Waals surface area (Å²) in [4.78, 5) is 33.7. The van der Waals surface area contributed by atoms with Crippen LogP contribution in [0.5, 0.6) is 0 Å². The Morgan fingerprint density at radius 3 is 2.38 bits per heavy atom. The Morgan fingerprint density at radius 2 is 1.79 bits per heavy atom. The summed E-state index contributed by atoms with van der Waals surface area (Å²) in [5.41, 5.74) is 5.08. The lowest BCUT2D eigenvalue weighted by molar-refractivity contribution is -0.137. The van der Waals surface area contributed by atoms with Crippen LogP contribution in [0.25, 0.3) is 22.0 Å². The molecule has 1 fully saturated rings. The molecule has 0 saturated carbocycles. The number of anilines is 1. The topological polar surface area (TPSA) is 84.5 Å². The first-order valence-corrected chi connectivity index (χ1v) is 13.4. The van der Waals surface area contributed by atoms with Crippen LogP contribution in [0.4, 0.5) is 23.4 Å². The molecule has 39 heavy (non-hydrogen) atoms. The molecule has 3 unspecified atom stereocenters. The van der Waals surface area contributed by atoms with E-state index in [1.54, 1.807) is 9.80 Å². The molecule has 2 N–H and O–H groups in total. The van der Waals surface area contributed by atoms with Gasteiger partial charge in [-0.3, -0.25) is 9.36 Å². The first-order valence-electron chi connectivity index (χ1n) is 12.4. The molecule has 0 spiro atoms. The summed E-state index contributed by atoms with van der Waals surface area (Å²) >= 11 is 1.15. The van der Waals surface area contributed by atoms with E-state index in [0.717, 1.165) is 30.0 Å². The largest absolute Gasteiger partial charge is 0.417 e. The number of hydrogen-bond donors (Lipinski definition) is 1. The maximum Gasteiger partial charge on any atom is 0.417 e. The third-order valence-electron chi connectivity index (χ3n) is 7.14. The Morgan fingerprint density at radius 1 is 1.15 bits per heavy atom. The highest BCUT2D eigenvalue weighted by Gasteiger charge is 2.39. The monoisotopic (exact) mass is 561 g/mol. The molecule has 5 rings (SSSR count). The fraction of sp³-hybridized carbons (Fsp3) is 0.370. The summed E-state index contributed by atoms with van der Waals surface area (Å²) in [6, 6.07) is 4.74. The highest BCUT2D eigenvalue weighted by Crippen LogP contribution is 2.48. The van der Waals surface area contributed by atoms with E-state index in [2.05, 4.69) is 11.6 Å².